The molecule has 2 rings (SSSR count). The van der Waals surface area contributed by atoms with Crippen LogP contribution in [0.5, 0.6) is 0 Å². The van der Waals surface area contributed by atoms with Gasteiger partial charge in [-0.05, 0) is 37.1 Å². The first-order chi connectivity index (χ1) is 8.69. The van der Waals surface area contributed by atoms with Crippen molar-refractivity contribution >= 4 is 34.8 Å². The molecule has 3 nitrogen and oxygen atoms in total. The van der Waals surface area contributed by atoms with Crippen LogP contribution in [0.2, 0.25) is 0 Å². The van der Waals surface area contributed by atoms with E-state index in [9.17, 15) is 0 Å². The van der Waals surface area contributed by atoms with E-state index in [1.807, 2.05) is 12.1 Å². The van der Waals surface area contributed by atoms with E-state index in [1.165, 1.54) is 25.0 Å². The van der Waals surface area contributed by atoms with E-state index in [0.29, 0.717) is 11.0 Å². The third-order valence-corrected chi connectivity index (χ3v) is 4.65. The van der Waals surface area contributed by atoms with Gasteiger partial charge in [0.15, 0.2) is 0 Å². The van der Waals surface area contributed by atoms with Crippen molar-refractivity contribution in [1.82, 2.24) is 4.98 Å². The average Bonchev–Trinajstić information content (AvgIpc) is 2.77. The number of pyridine rings is 1. The van der Waals surface area contributed by atoms with Gasteiger partial charge in [0.05, 0.1) is 0 Å². The number of hydrogen-bond acceptors (Lipinski definition) is 4. The van der Waals surface area contributed by atoms with Gasteiger partial charge in [-0.2, -0.15) is 11.8 Å². The lowest BCUT2D eigenvalue weighted by Gasteiger charge is -2.14. The highest BCUT2D eigenvalue weighted by Gasteiger charge is 2.24. The summed E-state index contributed by atoms with van der Waals surface area (Å²) in [6.07, 6.45) is 5.49. The van der Waals surface area contributed by atoms with Crippen LogP contribution in [0.25, 0.3) is 0 Å². The number of anilines is 1. The molecule has 0 bridgehead atoms. The van der Waals surface area contributed by atoms with E-state index in [0.717, 1.165) is 16.6 Å². The molecule has 1 aromatic rings. The first-order valence-corrected chi connectivity index (χ1v) is 7.78. The molecule has 2 unspecified atom stereocenters. The SMILES string of the molecule is CCSC1CCC(Nc2cc(C(N)=S)ccn2)C1. The number of rotatable bonds is 5. The number of nitrogens with two attached hydrogens (primary N) is 1. The van der Waals surface area contributed by atoms with Gasteiger partial charge in [-0.1, -0.05) is 19.1 Å². The van der Waals surface area contributed by atoms with Gasteiger partial charge in [-0.3, -0.25) is 0 Å². The smallest absolute Gasteiger partial charge is 0.126 e. The van der Waals surface area contributed by atoms with Crippen LogP contribution < -0.4 is 11.1 Å². The van der Waals surface area contributed by atoms with Gasteiger partial charge in [-0.15, -0.1) is 0 Å². The second kappa shape index (κ2) is 6.38. The maximum absolute atomic E-state index is 5.62. The zero-order valence-electron chi connectivity index (χ0n) is 10.6. The van der Waals surface area contributed by atoms with Crippen molar-refractivity contribution in [2.24, 2.45) is 5.73 Å². The van der Waals surface area contributed by atoms with Crippen LogP contribution in [-0.2, 0) is 0 Å². The van der Waals surface area contributed by atoms with Crippen molar-refractivity contribution in [3.8, 4) is 0 Å². The van der Waals surface area contributed by atoms with Crippen molar-refractivity contribution in [2.75, 3.05) is 11.1 Å². The summed E-state index contributed by atoms with van der Waals surface area (Å²) in [6.45, 7) is 2.22. The van der Waals surface area contributed by atoms with Gasteiger partial charge in [-0.25, -0.2) is 4.98 Å². The molecule has 0 radical (unpaired) electrons. The molecule has 0 amide bonds. The van der Waals surface area contributed by atoms with Crippen molar-refractivity contribution < 1.29 is 0 Å². The minimum Gasteiger partial charge on any atom is -0.389 e. The summed E-state index contributed by atoms with van der Waals surface area (Å²) in [5.41, 5.74) is 6.50. The molecule has 98 valence electrons. The number of thiocarbonyl (C=S) groups is 1. The fourth-order valence-corrected chi connectivity index (χ4v) is 3.60. The quantitative estimate of drug-likeness (QED) is 0.813. The monoisotopic (exact) mass is 281 g/mol. The van der Waals surface area contributed by atoms with Crippen LogP contribution in [0.1, 0.15) is 31.7 Å². The number of thioether (sulfide) groups is 1. The third kappa shape index (κ3) is 3.59. The lowest BCUT2D eigenvalue weighted by molar-refractivity contribution is 0.752. The van der Waals surface area contributed by atoms with Crippen LogP contribution in [0.3, 0.4) is 0 Å². The molecule has 2 atom stereocenters. The van der Waals surface area contributed by atoms with Crippen LogP contribution in [0, 0.1) is 0 Å². The number of hydrogen-bond donors (Lipinski definition) is 2. The molecule has 1 aliphatic rings. The fourth-order valence-electron chi connectivity index (χ4n) is 2.33. The van der Waals surface area contributed by atoms with E-state index >= 15 is 0 Å². The maximum Gasteiger partial charge on any atom is 0.126 e. The second-order valence-electron chi connectivity index (χ2n) is 4.53. The molecule has 0 aliphatic heterocycles. The Kier molecular flexibility index (Phi) is 4.83. The predicted octanol–water partition coefficient (Wildman–Crippen LogP) is 2.80. The zero-order valence-corrected chi connectivity index (χ0v) is 12.2. The first-order valence-electron chi connectivity index (χ1n) is 6.33. The highest BCUT2D eigenvalue weighted by atomic mass is 32.2. The number of nitrogens with zero attached hydrogens (tertiary/aromatic N) is 1. The molecule has 3 N–H and O–H groups in total. The van der Waals surface area contributed by atoms with Gasteiger partial charge in [0.25, 0.3) is 0 Å². The predicted molar refractivity (Wildman–Crippen MR) is 83.3 cm³/mol. The largest absolute Gasteiger partial charge is 0.389 e. The molecule has 1 aromatic heterocycles. The summed E-state index contributed by atoms with van der Waals surface area (Å²) >= 11 is 7.04. The molecule has 5 heteroatoms. The normalized spacial score (nSPS) is 22.9. The summed E-state index contributed by atoms with van der Waals surface area (Å²) in [4.78, 5) is 4.75. The molecular formula is C13H19N3S2. The molecule has 1 saturated carbocycles. The zero-order chi connectivity index (χ0) is 13.0. The Hall–Kier alpha value is -0.810. The standard InChI is InChI=1S/C13H19N3S2/c1-2-18-11-4-3-10(8-11)16-12-7-9(13(14)17)5-6-15-12/h5-7,10-11H,2-4,8H2,1H3,(H2,14,17)(H,15,16). The van der Waals surface area contributed by atoms with Gasteiger partial charge in [0.2, 0.25) is 0 Å². The Morgan fingerprint density at radius 1 is 1.61 bits per heavy atom. The van der Waals surface area contributed by atoms with E-state index < -0.39 is 0 Å². The van der Waals surface area contributed by atoms with Crippen molar-refractivity contribution in [2.45, 2.75) is 37.5 Å². The molecule has 0 saturated heterocycles. The van der Waals surface area contributed by atoms with E-state index in [-0.39, 0.29) is 0 Å². The number of nitrogens with one attached hydrogen (secondary N) is 1. The summed E-state index contributed by atoms with van der Waals surface area (Å²) < 4.78 is 0. The summed E-state index contributed by atoms with van der Waals surface area (Å²) in [5, 5.41) is 4.28. The van der Waals surface area contributed by atoms with Gasteiger partial charge >= 0.3 is 0 Å². The minimum absolute atomic E-state index is 0.422. The fraction of sp³-hybridized carbons (Fsp3) is 0.538. The molecule has 0 aromatic carbocycles. The van der Waals surface area contributed by atoms with Gasteiger partial charge in [0, 0.05) is 23.1 Å². The second-order valence-corrected chi connectivity index (χ2v) is 6.54. The molecule has 1 heterocycles. The highest BCUT2D eigenvalue weighted by molar-refractivity contribution is 7.99. The van der Waals surface area contributed by atoms with Crippen molar-refractivity contribution in [3.63, 3.8) is 0 Å². The summed E-state index contributed by atoms with van der Waals surface area (Å²) in [5.74, 6) is 2.08. The molecule has 18 heavy (non-hydrogen) atoms. The van der Waals surface area contributed by atoms with Crippen LogP contribution in [0.15, 0.2) is 18.3 Å². The van der Waals surface area contributed by atoms with E-state index in [4.69, 9.17) is 18.0 Å². The van der Waals surface area contributed by atoms with Crippen molar-refractivity contribution in [3.05, 3.63) is 23.9 Å². The van der Waals surface area contributed by atoms with E-state index in [2.05, 4.69) is 29.0 Å². The molecule has 0 spiro atoms. The van der Waals surface area contributed by atoms with E-state index in [1.54, 1.807) is 6.20 Å². The maximum atomic E-state index is 5.62. The van der Waals surface area contributed by atoms with Crippen molar-refractivity contribution in [1.29, 1.82) is 0 Å². The van der Waals surface area contributed by atoms with Gasteiger partial charge < -0.3 is 11.1 Å². The Morgan fingerprint density at radius 2 is 2.44 bits per heavy atom. The Bertz CT molecular complexity index is 422. The average molecular weight is 281 g/mol. The minimum atomic E-state index is 0.422. The Balaban J connectivity index is 1.94. The molecule has 1 fully saturated rings. The van der Waals surface area contributed by atoms with Crippen LogP contribution in [-0.4, -0.2) is 27.0 Å². The summed E-state index contributed by atoms with van der Waals surface area (Å²) in [6, 6.07) is 4.31. The first kappa shape index (κ1) is 13.6. The Labute approximate surface area is 118 Å². The lowest BCUT2D eigenvalue weighted by atomic mass is 10.2. The third-order valence-electron chi connectivity index (χ3n) is 3.18. The Morgan fingerprint density at radius 3 is 3.17 bits per heavy atom. The summed E-state index contributed by atoms with van der Waals surface area (Å²) in [7, 11) is 0. The number of aromatic nitrogens is 1. The highest BCUT2D eigenvalue weighted by Crippen LogP contribution is 2.31. The lowest BCUT2D eigenvalue weighted by Crippen LogP contribution is -2.18. The van der Waals surface area contributed by atoms with Crippen LogP contribution in [0.4, 0.5) is 5.82 Å². The van der Waals surface area contributed by atoms with Gasteiger partial charge in [0.1, 0.15) is 10.8 Å². The molecular weight excluding hydrogens is 262 g/mol. The topological polar surface area (TPSA) is 50.9 Å². The van der Waals surface area contributed by atoms with Crippen LogP contribution >= 0.6 is 24.0 Å². The molecule has 1 aliphatic carbocycles.